The molecule has 0 aromatic rings. The number of hydrogen-bond donors (Lipinski definition) is 0. The number of allylic oxidation sites excluding steroid dienone is 2. The number of rotatable bonds is 0. The lowest BCUT2D eigenvalue weighted by Gasteiger charge is -1.66. The molecule has 0 atom stereocenters. The smallest absolute Gasteiger partial charge is 0.166 e. The minimum absolute atomic E-state index is 1.09. The minimum Gasteiger partial charge on any atom is -0.450 e. The first-order valence-corrected chi connectivity index (χ1v) is 2.05. The molecule has 0 unspecified atom stereocenters. The quantitative estimate of drug-likeness (QED) is 0.398. The fourth-order valence-electron chi connectivity index (χ4n) is 0.650. The van der Waals surface area contributed by atoms with Crippen molar-refractivity contribution >= 4 is 0 Å². The Balaban J connectivity index is 2.60. The van der Waals surface area contributed by atoms with E-state index in [0.29, 0.717) is 0 Å². The summed E-state index contributed by atoms with van der Waals surface area (Å²) in [6.45, 7) is 0. The molecule has 30 valence electrons. The molecule has 2 rings (SSSR count). The monoisotopic (exact) mass is 80.0 g/mol. The van der Waals surface area contributed by atoms with Crippen molar-refractivity contribution in [3.8, 4) is 0 Å². The van der Waals surface area contributed by atoms with E-state index in [0.717, 1.165) is 17.9 Å². The van der Waals surface area contributed by atoms with Crippen molar-refractivity contribution in [1.29, 1.82) is 0 Å². The highest BCUT2D eigenvalue weighted by Crippen LogP contribution is 2.36. The van der Waals surface area contributed by atoms with Crippen LogP contribution in [0.25, 0.3) is 0 Å². The second-order valence-corrected chi connectivity index (χ2v) is 1.47. The highest BCUT2D eigenvalue weighted by molar-refractivity contribution is 5.40. The molecule has 0 aromatic heterocycles. The lowest BCUT2D eigenvalue weighted by atomic mass is 10.5. The van der Waals surface area contributed by atoms with E-state index < -0.39 is 0 Å². The van der Waals surface area contributed by atoms with Gasteiger partial charge in [0.15, 0.2) is 11.5 Å². The van der Waals surface area contributed by atoms with Gasteiger partial charge in [0.25, 0.3) is 0 Å². The predicted molar refractivity (Wildman–Crippen MR) is 21.9 cm³/mol. The molecular weight excluding hydrogens is 76.1 g/mol. The second-order valence-electron chi connectivity index (χ2n) is 1.47. The zero-order valence-corrected chi connectivity index (χ0v) is 3.27. The van der Waals surface area contributed by atoms with Crippen molar-refractivity contribution in [2.45, 2.75) is 6.42 Å². The van der Waals surface area contributed by atoms with Crippen LogP contribution >= 0.6 is 0 Å². The van der Waals surface area contributed by atoms with Gasteiger partial charge in [-0.1, -0.05) is 0 Å². The van der Waals surface area contributed by atoms with Crippen molar-refractivity contribution in [2.24, 2.45) is 0 Å². The molecule has 1 heteroatoms. The van der Waals surface area contributed by atoms with Gasteiger partial charge in [0, 0.05) is 0 Å². The van der Waals surface area contributed by atoms with Gasteiger partial charge in [-0.05, 0) is 18.6 Å². The third kappa shape index (κ3) is 0.134. The first-order valence-electron chi connectivity index (χ1n) is 2.05. The largest absolute Gasteiger partial charge is 0.450 e. The molecular formula is C5H4O. The van der Waals surface area contributed by atoms with Crippen LogP contribution in [0.3, 0.4) is 0 Å². The summed E-state index contributed by atoms with van der Waals surface area (Å²) in [6, 6.07) is 0. The maximum atomic E-state index is 4.88. The van der Waals surface area contributed by atoms with Gasteiger partial charge in [0.1, 0.15) is 0 Å². The number of ether oxygens (including phenoxy) is 1. The molecule has 0 saturated carbocycles. The third-order valence-electron chi connectivity index (χ3n) is 1.03. The molecule has 1 saturated heterocycles. The molecule has 0 amide bonds. The average molecular weight is 80.1 g/mol. The number of epoxide rings is 1. The molecule has 1 heterocycles. The molecule has 0 spiro atoms. The van der Waals surface area contributed by atoms with Gasteiger partial charge in [0.05, 0.1) is 0 Å². The maximum absolute atomic E-state index is 4.88. The van der Waals surface area contributed by atoms with Crippen LogP contribution in [0.5, 0.6) is 0 Å². The molecule has 1 aliphatic carbocycles. The Morgan fingerprint density at radius 1 is 1.33 bits per heavy atom. The Morgan fingerprint density at radius 2 is 2.00 bits per heavy atom. The molecule has 1 nitrogen and oxygen atoms in total. The van der Waals surface area contributed by atoms with E-state index in [4.69, 9.17) is 4.74 Å². The lowest BCUT2D eigenvalue weighted by molar-refractivity contribution is 0.546. The average Bonchev–Trinajstić information content (AvgIpc) is 2.17. The molecule has 0 N–H and O–H groups in total. The molecule has 0 bridgehead atoms. The zero-order chi connectivity index (χ0) is 3.98. The van der Waals surface area contributed by atoms with E-state index in [1.54, 1.807) is 0 Å². The highest BCUT2D eigenvalue weighted by atomic mass is 16.6. The third-order valence-corrected chi connectivity index (χ3v) is 1.03. The van der Waals surface area contributed by atoms with Gasteiger partial charge in [-0.25, -0.2) is 0 Å². The van der Waals surface area contributed by atoms with Gasteiger partial charge in [-0.3, -0.25) is 0 Å². The van der Waals surface area contributed by atoms with Gasteiger partial charge in [0.2, 0.25) is 0 Å². The van der Waals surface area contributed by atoms with Crippen LogP contribution in [0.1, 0.15) is 6.42 Å². The minimum atomic E-state index is 1.09. The van der Waals surface area contributed by atoms with Crippen molar-refractivity contribution in [3.63, 3.8) is 0 Å². The van der Waals surface area contributed by atoms with Crippen LogP contribution in [0, 0.1) is 0 Å². The Bertz CT molecular complexity index is 126. The lowest BCUT2D eigenvalue weighted by Crippen LogP contribution is -1.48. The Kier molecular flexibility index (Phi) is 0.219. The van der Waals surface area contributed by atoms with Crippen LogP contribution in [-0.4, -0.2) is 0 Å². The van der Waals surface area contributed by atoms with Gasteiger partial charge >= 0.3 is 0 Å². The normalized spacial score (nSPS) is 24.0. The van der Waals surface area contributed by atoms with Crippen LogP contribution in [0.4, 0.5) is 0 Å². The zero-order valence-electron chi connectivity index (χ0n) is 3.27. The highest BCUT2D eigenvalue weighted by Gasteiger charge is 2.26. The van der Waals surface area contributed by atoms with E-state index in [9.17, 15) is 0 Å². The topological polar surface area (TPSA) is 12.5 Å². The standard InChI is InChI=1S/C5H4O/c1-2-4-5(3-1)6-4/h2-3H,1H2. The van der Waals surface area contributed by atoms with Crippen molar-refractivity contribution in [1.82, 2.24) is 0 Å². The fraction of sp³-hybridized carbons (Fsp3) is 0.200. The van der Waals surface area contributed by atoms with E-state index in [-0.39, 0.29) is 0 Å². The Labute approximate surface area is 35.9 Å². The van der Waals surface area contributed by atoms with E-state index in [2.05, 4.69) is 12.2 Å². The van der Waals surface area contributed by atoms with Crippen LogP contribution in [0.15, 0.2) is 23.7 Å². The SMILES string of the molecule is C1=C2OC2=CC1. The Morgan fingerprint density at radius 3 is 2.17 bits per heavy atom. The van der Waals surface area contributed by atoms with Crippen LogP contribution in [-0.2, 0) is 4.74 Å². The van der Waals surface area contributed by atoms with E-state index in [1.807, 2.05) is 0 Å². The summed E-state index contributed by atoms with van der Waals surface area (Å²) >= 11 is 0. The maximum Gasteiger partial charge on any atom is 0.166 e. The molecule has 0 radical (unpaired) electrons. The summed E-state index contributed by atoms with van der Waals surface area (Å²) in [6.07, 6.45) is 5.25. The first-order chi connectivity index (χ1) is 2.97. The number of hydrogen-bond acceptors (Lipinski definition) is 1. The summed E-state index contributed by atoms with van der Waals surface area (Å²) in [5.41, 5.74) is 0. The first kappa shape index (κ1) is 2.45. The van der Waals surface area contributed by atoms with E-state index >= 15 is 0 Å². The molecule has 1 fully saturated rings. The molecule has 6 heavy (non-hydrogen) atoms. The molecule has 0 aromatic carbocycles. The number of fused-ring (bicyclic) bond motifs is 1. The summed E-state index contributed by atoms with van der Waals surface area (Å²) in [4.78, 5) is 0. The summed E-state index contributed by atoms with van der Waals surface area (Å²) in [5.74, 6) is 2.21. The molecule has 1 aliphatic heterocycles. The summed E-state index contributed by atoms with van der Waals surface area (Å²) in [5, 5.41) is 0. The van der Waals surface area contributed by atoms with Crippen LogP contribution < -0.4 is 0 Å². The molecule has 2 aliphatic rings. The second kappa shape index (κ2) is 0.535. The summed E-state index contributed by atoms with van der Waals surface area (Å²) < 4.78 is 4.88. The van der Waals surface area contributed by atoms with Gasteiger partial charge in [-0.15, -0.1) is 0 Å². The van der Waals surface area contributed by atoms with Crippen molar-refractivity contribution < 1.29 is 4.74 Å². The fourth-order valence-corrected chi connectivity index (χ4v) is 0.650. The van der Waals surface area contributed by atoms with Gasteiger partial charge < -0.3 is 4.74 Å². The summed E-state index contributed by atoms with van der Waals surface area (Å²) in [7, 11) is 0. The Hall–Kier alpha value is -0.720. The van der Waals surface area contributed by atoms with Gasteiger partial charge in [-0.2, -0.15) is 0 Å². The van der Waals surface area contributed by atoms with Crippen LogP contribution in [0.2, 0.25) is 0 Å². The van der Waals surface area contributed by atoms with Crippen molar-refractivity contribution in [2.75, 3.05) is 0 Å². The van der Waals surface area contributed by atoms with Crippen molar-refractivity contribution in [3.05, 3.63) is 23.7 Å². The van der Waals surface area contributed by atoms with E-state index in [1.165, 1.54) is 0 Å². The predicted octanol–water partition coefficient (Wildman–Crippen LogP) is 1.19.